The van der Waals surface area contributed by atoms with Crippen molar-refractivity contribution >= 4 is 29.1 Å². The summed E-state index contributed by atoms with van der Waals surface area (Å²) in [6.07, 6.45) is 0.717. The Kier molecular flexibility index (Phi) is 5.90. The first-order chi connectivity index (χ1) is 10.1. The van der Waals surface area contributed by atoms with Gasteiger partial charge < -0.3 is 10.1 Å². The van der Waals surface area contributed by atoms with Crippen LogP contribution in [-0.2, 0) is 0 Å². The van der Waals surface area contributed by atoms with Gasteiger partial charge in [0.1, 0.15) is 5.75 Å². The van der Waals surface area contributed by atoms with Crippen LogP contribution in [-0.4, -0.2) is 19.1 Å². The average Bonchev–Trinajstić information content (AvgIpc) is 2.47. The average molecular weight is 324 g/mol. The van der Waals surface area contributed by atoms with Gasteiger partial charge >= 0.3 is 0 Å². The summed E-state index contributed by atoms with van der Waals surface area (Å²) in [6.45, 7) is 1.07. The van der Waals surface area contributed by atoms with Gasteiger partial charge in [-0.05, 0) is 36.8 Å². The summed E-state index contributed by atoms with van der Waals surface area (Å²) in [7, 11) is 0. The second-order valence-corrected chi connectivity index (χ2v) is 5.30. The van der Waals surface area contributed by atoms with Crippen molar-refractivity contribution in [3.05, 3.63) is 64.1 Å². The maximum atomic E-state index is 11.9. The standard InChI is InChI=1S/C16H15Cl2NO2/c17-13-9-12(10-14(18)11-13)16(20)19-7-4-8-21-15-5-2-1-3-6-15/h1-3,5-6,9-11H,4,7-8H2,(H,19,20). The molecule has 1 N–H and O–H groups in total. The molecule has 2 rings (SSSR count). The van der Waals surface area contributed by atoms with Gasteiger partial charge in [0.25, 0.3) is 5.91 Å². The fourth-order valence-electron chi connectivity index (χ4n) is 1.77. The van der Waals surface area contributed by atoms with Gasteiger partial charge in [-0.2, -0.15) is 0 Å². The van der Waals surface area contributed by atoms with Crippen LogP contribution >= 0.6 is 23.2 Å². The van der Waals surface area contributed by atoms with Crippen LogP contribution in [0.25, 0.3) is 0 Å². The van der Waals surface area contributed by atoms with Crippen LogP contribution in [0, 0.1) is 0 Å². The normalized spacial score (nSPS) is 10.2. The van der Waals surface area contributed by atoms with Crippen LogP contribution in [0.2, 0.25) is 10.0 Å². The molecule has 0 fully saturated rings. The number of carbonyl (C=O) groups is 1. The smallest absolute Gasteiger partial charge is 0.251 e. The first-order valence-electron chi connectivity index (χ1n) is 6.57. The number of nitrogens with one attached hydrogen (secondary N) is 1. The molecule has 0 aliphatic rings. The van der Waals surface area contributed by atoms with Gasteiger partial charge in [-0.15, -0.1) is 0 Å². The Morgan fingerprint density at radius 1 is 1.05 bits per heavy atom. The third-order valence-electron chi connectivity index (χ3n) is 2.74. The van der Waals surface area contributed by atoms with Crippen LogP contribution in [0.1, 0.15) is 16.8 Å². The number of hydrogen-bond acceptors (Lipinski definition) is 2. The van der Waals surface area contributed by atoms with E-state index in [2.05, 4.69) is 5.32 Å². The lowest BCUT2D eigenvalue weighted by Gasteiger charge is -2.08. The molecule has 0 aromatic heterocycles. The molecule has 1 amide bonds. The summed E-state index contributed by atoms with van der Waals surface area (Å²) in [6, 6.07) is 14.3. The molecule has 5 heteroatoms. The zero-order chi connectivity index (χ0) is 15.1. The molecule has 21 heavy (non-hydrogen) atoms. The molecule has 0 heterocycles. The molecular weight excluding hydrogens is 309 g/mol. The number of para-hydroxylation sites is 1. The van der Waals surface area contributed by atoms with Gasteiger partial charge in [0.15, 0.2) is 0 Å². The zero-order valence-corrected chi connectivity index (χ0v) is 12.8. The van der Waals surface area contributed by atoms with E-state index in [1.54, 1.807) is 18.2 Å². The van der Waals surface area contributed by atoms with Gasteiger partial charge in [-0.25, -0.2) is 0 Å². The number of amides is 1. The molecule has 110 valence electrons. The van der Waals surface area contributed by atoms with Crippen LogP contribution in [0.15, 0.2) is 48.5 Å². The summed E-state index contributed by atoms with van der Waals surface area (Å²) in [4.78, 5) is 11.9. The van der Waals surface area contributed by atoms with E-state index in [9.17, 15) is 4.79 Å². The third-order valence-corrected chi connectivity index (χ3v) is 3.18. The molecule has 3 nitrogen and oxygen atoms in total. The van der Waals surface area contributed by atoms with Crippen molar-refractivity contribution in [2.75, 3.05) is 13.2 Å². The van der Waals surface area contributed by atoms with E-state index in [0.717, 1.165) is 12.2 Å². The third kappa shape index (κ3) is 5.29. The fourth-order valence-corrected chi connectivity index (χ4v) is 2.29. The monoisotopic (exact) mass is 323 g/mol. The van der Waals surface area contributed by atoms with E-state index in [-0.39, 0.29) is 5.91 Å². The van der Waals surface area contributed by atoms with Crippen molar-refractivity contribution in [3.8, 4) is 5.75 Å². The molecule has 2 aromatic carbocycles. The molecule has 0 bridgehead atoms. The Bertz CT molecular complexity index is 582. The van der Waals surface area contributed by atoms with Crippen molar-refractivity contribution in [3.63, 3.8) is 0 Å². The molecule has 0 aliphatic carbocycles. The quantitative estimate of drug-likeness (QED) is 0.809. The predicted molar refractivity (Wildman–Crippen MR) is 85.3 cm³/mol. The number of hydrogen-bond donors (Lipinski definition) is 1. The second kappa shape index (κ2) is 7.91. The van der Waals surface area contributed by atoms with Crippen LogP contribution in [0.3, 0.4) is 0 Å². The lowest BCUT2D eigenvalue weighted by molar-refractivity contribution is 0.0951. The highest BCUT2D eigenvalue weighted by atomic mass is 35.5. The molecule has 2 aromatic rings. The Labute approximate surface area is 133 Å². The largest absolute Gasteiger partial charge is 0.494 e. The summed E-state index contributed by atoms with van der Waals surface area (Å²) in [5.74, 6) is 0.629. The van der Waals surface area contributed by atoms with Gasteiger partial charge in [-0.3, -0.25) is 4.79 Å². The van der Waals surface area contributed by atoms with E-state index < -0.39 is 0 Å². The van der Waals surface area contributed by atoms with Crippen molar-refractivity contribution < 1.29 is 9.53 Å². The Morgan fingerprint density at radius 3 is 2.38 bits per heavy atom. The highest BCUT2D eigenvalue weighted by Gasteiger charge is 2.07. The van der Waals surface area contributed by atoms with E-state index in [1.165, 1.54) is 0 Å². The number of halogens is 2. The maximum absolute atomic E-state index is 11.9. The van der Waals surface area contributed by atoms with Gasteiger partial charge in [-0.1, -0.05) is 41.4 Å². The zero-order valence-electron chi connectivity index (χ0n) is 11.3. The Balaban J connectivity index is 1.72. The highest BCUT2D eigenvalue weighted by molar-refractivity contribution is 6.35. The molecule has 0 saturated heterocycles. The van der Waals surface area contributed by atoms with Gasteiger partial charge in [0.2, 0.25) is 0 Å². The van der Waals surface area contributed by atoms with Crippen LogP contribution in [0.5, 0.6) is 5.75 Å². The molecule has 0 radical (unpaired) electrons. The SMILES string of the molecule is O=C(NCCCOc1ccccc1)c1cc(Cl)cc(Cl)c1. The maximum Gasteiger partial charge on any atom is 0.251 e. The van der Waals surface area contributed by atoms with Crippen LogP contribution < -0.4 is 10.1 Å². The minimum atomic E-state index is -0.195. The Morgan fingerprint density at radius 2 is 1.71 bits per heavy atom. The Hall–Kier alpha value is -1.71. The molecule has 0 unspecified atom stereocenters. The lowest BCUT2D eigenvalue weighted by Crippen LogP contribution is -2.25. The minimum absolute atomic E-state index is 0.195. The topological polar surface area (TPSA) is 38.3 Å². The number of ether oxygens (including phenoxy) is 1. The van der Waals surface area contributed by atoms with Crippen LogP contribution in [0.4, 0.5) is 0 Å². The number of carbonyl (C=O) groups excluding carboxylic acids is 1. The van der Waals surface area contributed by atoms with Crippen molar-refractivity contribution in [1.82, 2.24) is 5.32 Å². The molecule has 0 saturated carbocycles. The van der Waals surface area contributed by atoms with Gasteiger partial charge in [0.05, 0.1) is 6.61 Å². The molecule has 0 atom stereocenters. The van der Waals surface area contributed by atoms with E-state index in [0.29, 0.717) is 28.8 Å². The molecule has 0 spiro atoms. The van der Waals surface area contributed by atoms with E-state index >= 15 is 0 Å². The van der Waals surface area contributed by atoms with Crippen molar-refractivity contribution in [2.45, 2.75) is 6.42 Å². The minimum Gasteiger partial charge on any atom is -0.494 e. The van der Waals surface area contributed by atoms with E-state index in [4.69, 9.17) is 27.9 Å². The molecule has 0 aliphatic heterocycles. The lowest BCUT2D eigenvalue weighted by atomic mass is 10.2. The number of rotatable bonds is 6. The summed E-state index contributed by atoms with van der Waals surface area (Å²) < 4.78 is 5.54. The van der Waals surface area contributed by atoms with Gasteiger partial charge in [0, 0.05) is 22.2 Å². The molecular formula is C16H15Cl2NO2. The van der Waals surface area contributed by atoms with Crippen molar-refractivity contribution in [2.24, 2.45) is 0 Å². The van der Waals surface area contributed by atoms with Crippen molar-refractivity contribution in [1.29, 1.82) is 0 Å². The fraction of sp³-hybridized carbons (Fsp3) is 0.188. The predicted octanol–water partition coefficient (Wildman–Crippen LogP) is 4.19. The number of benzene rings is 2. The second-order valence-electron chi connectivity index (χ2n) is 4.43. The first-order valence-corrected chi connectivity index (χ1v) is 7.33. The summed E-state index contributed by atoms with van der Waals surface area (Å²) in [5, 5.41) is 3.69. The first kappa shape index (κ1) is 15.7. The highest BCUT2D eigenvalue weighted by Crippen LogP contribution is 2.18. The summed E-state index contributed by atoms with van der Waals surface area (Å²) in [5.41, 5.74) is 0.455. The summed E-state index contributed by atoms with van der Waals surface area (Å²) >= 11 is 11.7. The van der Waals surface area contributed by atoms with E-state index in [1.807, 2.05) is 30.3 Å².